The summed E-state index contributed by atoms with van der Waals surface area (Å²) in [4.78, 5) is 33.0. The Balaban J connectivity index is 2.32. The van der Waals surface area contributed by atoms with Gasteiger partial charge in [-0.25, -0.2) is 0 Å². The monoisotopic (exact) mass is 302 g/mol. The Morgan fingerprint density at radius 3 is 2.29 bits per heavy atom. The molecule has 9 nitrogen and oxygen atoms in total. The highest BCUT2D eigenvalue weighted by Gasteiger charge is 2.33. The van der Waals surface area contributed by atoms with Gasteiger partial charge in [-0.2, -0.15) is 0 Å². The lowest BCUT2D eigenvalue weighted by molar-refractivity contribution is -0.959. The van der Waals surface area contributed by atoms with E-state index in [1.165, 1.54) is 0 Å². The molecule has 120 valence electrons. The highest BCUT2D eigenvalue weighted by atomic mass is 16.4. The van der Waals surface area contributed by atoms with Crippen LogP contribution < -0.4 is 31.3 Å². The van der Waals surface area contributed by atoms with Gasteiger partial charge in [0.2, 0.25) is 0 Å². The van der Waals surface area contributed by atoms with Crippen LogP contribution in [0.4, 0.5) is 0 Å². The summed E-state index contributed by atoms with van der Waals surface area (Å²) in [6.07, 6.45) is 0.884. The molecule has 21 heavy (non-hydrogen) atoms. The fraction of sp³-hybridized carbons (Fsp3) is 0.750. The topological polar surface area (TPSA) is 164 Å². The first-order chi connectivity index (χ1) is 9.82. The molecule has 1 heterocycles. The maximum Gasteiger partial charge on any atom is 0.133 e. The predicted molar refractivity (Wildman–Crippen MR) is 61.8 cm³/mol. The van der Waals surface area contributed by atoms with Gasteiger partial charge < -0.3 is 45.7 Å². The van der Waals surface area contributed by atoms with E-state index in [-0.39, 0.29) is 19.4 Å². The average Bonchev–Trinajstić information content (AvgIpc) is 2.34. The zero-order chi connectivity index (χ0) is 16.0. The number of hydrogen-bond donors (Lipinski definition) is 3. The number of carboxylic acids is 3. The zero-order valence-corrected chi connectivity index (χ0v) is 11.6. The number of hydrogen-bond acceptors (Lipinski definition) is 7. The average molecular weight is 302 g/mol. The van der Waals surface area contributed by atoms with Gasteiger partial charge in [-0.3, -0.25) is 0 Å². The molecular weight excluding hydrogens is 282 g/mol. The van der Waals surface area contributed by atoms with Gasteiger partial charge in [-0.1, -0.05) is 0 Å². The number of rotatable bonds is 10. The van der Waals surface area contributed by atoms with Crippen LogP contribution in [0.5, 0.6) is 0 Å². The third kappa shape index (κ3) is 5.29. The normalized spacial score (nSPS) is 23.9. The van der Waals surface area contributed by atoms with Crippen LogP contribution in [0.3, 0.4) is 0 Å². The van der Waals surface area contributed by atoms with Crippen molar-refractivity contribution < 1.29 is 40.3 Å². The van der Waals surface area contributed by atoms with Gasteiger partial charge in [0.1, 0.15) is 12.1 Å². The van der Waals surface area contributed by atoms with E-state index in [9.17, 15) is 29.7 Å². The second kappa shape index (κ2) is 7.91. The molecule has 1 rings (SSSR count). The van der Waals surface area contributed by atoms with Crippen molar-refractivity contribution in [1.82, 2.24) is 5.32 Å². The molecule has 5 N–H and O–H groups in total. The molecule has 0 saturated carbocycles. The summed E-state index contributed by atoms with van der Waals surface area (Å²) in [5.41, 5.74) is 3.36. The number of likely N-dealkylation sites (tertiary alicyclic amines) is 1. The summed E-state index contributed by atoms with van der Waals surface area (Å²) in [7, 11) is 0. The molecule has 1 unspecified atom stereocenters. The Morgan fingerprint density at radius 2 is 1.86 bits per heavy atom. The van der Waals surface area contributed by atoms with Crippen molar-refractivity contribution in [1.29, 1.82) is 0 Å². The fourth-order valence-electron chi connectivity index (χ4n) is 2.26. The summed E-state index contributed by atoms with van der Waals surface area (Å²) in [6, 6.07) is -2.44. The number of nitrogens with one attached hydrogen (secondary N) is 2. The van der Waals surface area contributed by atoms with Crippen molar-refractivity contribution in [2.45, 2.75) is 37.4 Å². The van der Waals surface area contributed by atoms with Gasteiger partial charge in [0.15, 0.2) is 0 Å². The predicted octanol–water partition coefficient (Wildman–Crippen LogP) is -7.76. The minimum Gasteiger partial charge on any atom is -0.548 e. The molecule has 1 aliphatic heterocycles. The van der Waals surface area contributed by atoms with Crippen molar-refractivity contribution >= 4 is 17.9 Å². The maximum absolute atomic E-state index is 11.0. The molecule has 0 aliphatic carbocycles. The Hall–Kier alpha value is -1.71. The highest BCUT2D eigenvalue weighted by molar-refractivity contribution is 5.71. The summed E-state index contributed by atoms with van der Waals surface area (Å²) in [5, 5.41) is 34.9. The first-order valence-corrected chi connectivity index (χ1v) is 6.86. The Bertz CT molecular complexity index is 402. The number of quaternary nitrogens is 2. The van der Waals surface area contributed by atoms with E-state index >= 15 is 0 Å². The van der Waals surface area contributed by atoms with E-state index in [4.69, 9.17) is 0 Å². The van der Waals surface area contributed by atoms with Crippen LogP contribution in [0.2, 0.25) is 0 Å². The Labute approximate surface area is 121 Å². The van der Waals surface area contributed by atoms with Crippen molar-refractivity contribution in [3.63, 3.8) is 0 Å². The second-order valence-corrected chi connectivity index (χ2v) is 5.24. The molecule has 4 atom stereocenters. The lowest BCUT2D eigenvalue weighted by atomic mass is 10.0. The second-order valence-electron chi connectivity index (χ2n) is 5.24. The summed E-state index contributed by atoms with van der Waals surface area (Å²) < 4.78 is 0. The minimum absolute atomic E-state index is 0.143. The fourth-order valence-corrected chi connectivity index (χ4v) is 2.26. The van der Waals surface area contributed by atoms with Gasteiger partial charge >= 0.3 is 0 Å². The van der Waals surface area contributed by atoms with Crippen LogP contribution >= 0.6 is 0 Å². The van der Waals surface area contributed by atoms with E-state index in [2.05, 4.69) is 11.1 Å². The largest absolute Gasteiger partial charge is 0.548 e. The van der Waals surface area contributed by atoms with E-state index < -0.39 is 36.0 Å². The first kappa shape index (κ1) is 17.3. The third-order valence-electron chi connectivity index (χ3n) is 3.79. The van der Waals surface area contributed by atoms with Gasteiger partial charge in [0, 0.05) is 19.4 Å². The zero-order valence-electron chi connectivity index (χ0n) is 11.6. The number of carboxylic acid groups (broad SMARTS) is 3. The van der Waals surface area contributed by atoms with E-state index in [1.807, 2.05) is 0 Å². The van der Waals surface area contributed by atoms with Crippen molar-refractivity contribution in [3.05, 3.63) is 0 Å². The quantitative estimate of drug-likeness (QED) is 0.360. The number of carbonyl (C=O) groups excluding carboxylic acids is 3. The van der Waals surface area contributed by atoms with Crippen molar-refractivity contribution in [2.75, 3.05) is 19.6 Å². The highest BCUT2D eigenvalue weighted by Crippen LogP contribution is 1.96. The van der Waals surface area contributed by atoms with Crippen LogP contribution in [0.15, 0.2) is 0 Å². The van der Waals surface area contributed by atoms with Crippen LogP contribution in [0, 0.1) is 0 Å². The van der Waals surface area contributed by atoms with Gasteiger partial charge in [0.05, 0.1) is 43.5 Å². The molecule has 0 radical (unpaired) electrons. The van der Waals surface area contributed by atoms with Crippen LogP contribution in [0.1, 0.15) is 19.3 Å². The molecule has 9 heteroatoms. The van der Waals surface area contributed by atoms with Crippen LogP contribution in [-0.2, 0) is 14.4 Å². The van der Waals surface area contributed by atoms with Gasteiger partial charge in [-0.15, -0.1) is 0 Å². The van der Waals surface area contributed by atoms with Crippen molar-refractivity contribution in [3.8, 4) is 0 Å². The van der Waals surface area contributed by atoms with Crippen molar-refractivity contribution in [2.24, 2.45) is 0 Å². The molecule has 1 fully saturated rings. The Kier molecular flexibility index (Phi) is 6.53. The molecule has 1 aliphatic rings. The lowest BCUT2D eigenvalue weighted by Crippen LogP contribution is -3.23. The van der Waals surface area contributed by atoms with Gasteiger partial charge in [0.25, 0.3) is 0 Å². The summed E-state index contributed by atoms with van der Waals surface area (Å²) >= 11 is 0. The van der Waals surface area contributed by atoms with Crippen LogP contribution in [0.25, 0.3) is 0 Å². The lowest BCUT2D eigenvalue weighted by Gasteiger charge is -2.38. The SMILES string of the molecule is [NH3+][C@@H](CCN[C@@H](CC[NH+]1CC[C@H]1C(=O)[O-])C(=O)[O-])C(=O)[O-]. The van der Waals surface area contributed by atoms with Gasteiger partial charge in [-0.05, 0) is 0 Å². The van der Waals surface area contributed by atoms with E-state index in [1.54, 1.807) is 0 Å². The van der Waals surface area contributed by atoms with E-state index in [0.717, 1.165) is 4.90 Å². The standard InChI is InChI=1S/C12H21N3O6/c13-7(10(16)17)1-4-14-8(11(18)19)2-5-15-6-3-9(15)12(20)21/h7-9,14H,1-6,13H2,(H,16,17)(H,18,19)(H,20,21)/p-1/t7-,8-,9-/m0/s1. The molecule has 0 aromatic heterocycles. The molecule has 0 aromatic carbocycles. The summed E-state index contributed by atoms with van der Waals surface area (Å²) in [5.74, 6) is -3.71. The van der Waals surface area contributed by atoms with Crippen LogP contribution in [-0.4, -0.2) is 55.7 Å². The molecule has 0 bridgehead atoms. The molecule has 0 amide bonds. The molecular formula is C12H20N3O6-. The molecule has 1 saturated heterocycles. The smallest absolute Gasteiger partial charge is 0.133 e. The first-order valence-electron chi connectivity index (χ1n) is 6.86. The Morgan fingerprint density at radius 1 is 1.19 bits per heavy atom. The third-order valence-corrected chi connectivity index (χ3v) is 3.79. The summed E-state index contributed by atoms with van der Waals surface area (Å²) in [6.45, 7) is 1.20. The molecule has 0 spiro atoms. The van der Waals surface area contributed by atoms with E-state index in [0.29, 0.717) is 19.5 Å². The molecule has 0 aromatic rings. The number of carbonyl (C=O) groups is 3. The number of aliphatic carboxylic acids is 3. The maximum atomic E-state index is 11.0. The minimum atomic E-state index is -1.30.